The highest BCUT2D eigenvalue weighted by molar-refractivity contribution is 5.80. The second-order valence-electron chi connectivity index (χ2n) is 9.69. The molecule has 3 aromatic carbocycles. The van der Waals surface area contributed by atoms with E-state index < -0.39 is 35.7 Å². The summed E-state index contributed by atoms with van der Waals surface area (Å²) < 4.78 is 89.0. The first-order chi connectivity index (χ1) is 18.7. The smallest absolute Gasteiger partial charge is 0.392 e. The molecule has 0 bridgehead atoms. The maximum atomic E-state index is 16.3. The zero-order valence-electron chi connectivity index (χ0n) is 22.5. The van der Waals surface area contributed by atoms with E-state index in [1.807, 2.05) is 0 Å². The maximum absolute atomic E-state index is 16.3. The molecule has 0 radical (unpaired) electrons. The fourth-order valence-corrected chi connectivity index (χ4v) is 5.06. The lowest BCUT2D eigenvalue weighted by molar-refractivity contribution is -0.375. The number of hydrogen-bond donors (Lipinski definition) is 3. The normalized spacial score (nSPS) is 13.8. The molecule has 0 saturated carbocycles. The first-order valence-corrected chi connectivity index (χ1v) is 12.9. The lowest BCUT2D eigenvalue weighted by Gasteiger charge is -2.39. The van der Waals surface area contributed by atoms with Gasteiger partial charge in [-0.3, -0.25) is 0 Å². The van der Waals surface area contributed by atoms with Crippen molar-refractivity contribution < 1.29 is 41.7 Å². The molecule has 4 nitrogen and oxygen atoms in total. The van der Waals surface area contributed by atoms with E-state index in [0.717, 1.165) is 0 Å². The van der Waals surface area contributed by atoms with E-state index in [-0.39, 0.29) is 42.9 Å². The van der Waals surface area contributed by atoms with Crippen LogP contribution in [0.3, 0.4) is 0 Å². The Morgan fingerprint density at radius 3 is 1.95 bits per heavy atom. The summed E-state index contributed by atoms with van der Waals surface area (Å²) in [5, 5.41) is 28.8. The van der Waals surface area contributed by atoms with Crippen LogP contribution < -0.4 is 4.90 Å². The summed E-state index contributed by atoms with van der Waals surface area (Å²) in [5.41, 5.74) is -5.44. The first-order valence-electron chi connectivity index (χ1n) is 12.9. The average Bonchev–Trinajstić information content (AvgIpc) is 2.91. The molecule has 1 atom stereocenters. The fraction of sp³-hybridized carbons (Fsp3) is 0.400. The van der Waals surface area contributed by atoms with Gasteiger partial charge in [-0.1, -0.05) is 67.9 Å². The van der Waals surface area contributed by atoms with E-state index in [1.54, 1.807) is 45.0 Å². The lowest BCUT2D eigenvalue weighted by atomic mass is 9.80. The van der Waals surface area contributed by atoms with Crippen LogP contribution in [0.2, 0.25) is 0 Å². The van der Waals surface area contributed by atoms with E-state index in [4.69, 9.17) is 0 Å². The topological polar surface area (TPSA) is 63.9 Å². The quantitative estimate of drug-likeness (QED) is 0.219. The zero-order chi connectivity index (χ0) is 29.9. The number of alkyl halides is 6. The molecule has 0 spiro atoms. The number of anilines is 1. The summed E-state index contributed by atoms with van der Waals surface area (Å²) in [6.07, 6.45) is -11.4. The molecule has 10 heteroatoms. The van der Waals surface area contributed by atoms with Crippen LogP contribution >= 0.6 is 0 Å². The van der Waals surface area contributed by atoms with Crippen LogP contribution in [0.25, 0.3) is 11.1 Å². The molecule has 0 heterocycles. The van der Waals surface area contributed by atoms with Crippen LogP contribution in [0.4, 0.5) is 32.0 Å². The van der Waals surface area contributed by atoms with Crippen molar-refractivity contribution in [3.05, 3.63) is 88.0 Å². The van der Waals surface area contributed by atoms with Crippen molar-refractivity contribution in [1.29, 1.82) is 0 Å². The Morgan fingerprint density at radius 1 is 0.825 bits per heavy atom. The van der Waals surface area contributed by atoms with Crippen molar-refractivity contribution >= 4 is 5.69 Å². The average molecular weight is 570 g/mol. The van der Waals surface area contributed by atoms with Gasteiger partial charge in [0.25, 0.3) is 0 Å². The van der Waals surface area contributed by atoms with Gasteiger partial charge in [-0.15, -0.1) is 0 Å². The third kappa shape index (κ3) is 5.84. The number of nitrogens with zero attached hydrogens (tertiary/aromatic N) is 1. The molecule has 0 aliphatic heterocycles. The highest BCUT2D eigenvalue weighted by Crippen LogP contribution is 2.57. The van der Waals surface area contributed by atoms with Crippen LogP contribution in [0.15, 0.2) is 54.6 Å². The third-order valence-corrected chi connectivity index (χ3v) is 7.05. The first kappa shape index (κ1) is 31.4. The van der Waals surface area contributed by atoms with Crippen LogP contribution in [0.5, 0.6) is 0 Å². The zero-order valence-corrected chi connectivity index (χ0v) is 22.5. The Balaban J connectivity index is 2.48. The van der Waals surface area contributed by atoms with Crippen molar-refractivity contribution in [3.8, 4) is 11.1 Å². The number of halogens is 6. The van der Waals surface area contributed by atoms with Gasteiger partial charge in [0.15, 0.2) is 0 Å². The molecule has 3 aromatic rings. The largest absolute Gasteiger partial charge is 0.435 e. The van der Waals surface area contributed by atoms with E-state index in [2.05, 4.69) is 0 Å². The Morgan fingerprint density at radius 2 is 1.45 bits per heavy atom. The van der Waals surface area contributed by atoms with Crippen LogP contribution in [-0.4, -0.2) is 34.1 Å². The van der Waals surface area contributed by atoms with Gasteiger partial charge >= 0.3 is 18.0 Å². The highest BCUT2D eigenvalue weighted by atomic mass is 19.4. The SMILES string of the molecule is CCCc1c(C)cc(-c2ccccc2)c(C(F)(C(O)(F)F)C(F)(F)F)c1N(CC)Cc1ccc(CO)c(CO)c1. The number of aliphatic hydroxyl groups is 3. The summed E-state index contributed by atoms with van der Waals surface area (Å²) in [6, 6.07) is 13.3. The highest BCUT2D eigenvalue weighted by Gasteiger charge is 2.73. The standard InChI is InChI=1S/C30H33F6NO3/c1-4-9-24-19(3)14-25(21-10-7-6-8-11-21)26(28(31,29(32,33)34)30(35,36)40)27(24)37(5-2)16-20-12-13-22(17-38)23(15-20)18-39/h6-8,10-15,38-40H,4-5,9,16-18H2,1-3H3. The minimum Gasteiger partial charge on any atom is -0.392 e. The Bertz CT molecular complexity index is 1290. The van der Waals surface area contributed by atoms with E-state index >= 15 is 4.39 Å². The van der Waals surface area contributed by atoms with E-state index in [9.17, 15) is 37.3 Å². The lowest BCUT2D eigenvalue weighted by Crippen LogP contribution is -2.53. The van der Waals surface area contributed by atoms with Gasteiger partial charge in [0.1, 0.15) is 0 Å². The van der Waals surface area contributed by atoms with Crippen LogP contribution in [-0.2, 0) is 31.8 Å². The molecule has 0 saturated heterocycles. The fourth-order valence-electron chi connectivity index (χ4n) is 5.06. The van der Waals surface area contributed by atoms with Gasteiger partial charge in [-0.2, -0.15) is 22.0 Å². The van der Waals surface area contributed by atoms with Crippen molar-refractivity contribution in [1.82, 2.24) is 0 Å². The second-order valence-corrected chi connectivity index (χ2v) is 9.69. The van der Waals surface area contributed by atoms with Crippen LogP contribution in [0, 0.1) is 6.92 Å². The second kappa shape index (κ2) is 12.2. The Hall–Kier alpha value is -3.08. The minimum absolute atomic E-state index is 0.00252. The molecule has 3 rings (SSSR count). The minimum atomic E-state index is -6.19. The maximum Gasteiger partial charge on any atom is 0.435 e. The van der Waals surface area contributed by atoms with Gasteiger partial charge in [0.2, 0.25) is 0 Å². The summed E-state index contributed by atoms with van der Waals surface area (Å²) in [6.45, 7) is 4.11. The summed E-state index contributed by atoms with van der Waals surface area (Å²) >= 11 is 0. The molecule has 3 N–H and O–H groups in total. The Labute approximate surface area is 229 Å². The molecule has 218 valence electrons. The summed E-state index contributed by atoms with van der Waals surface area (Å²) in [4.78, 5) is 1.38. The van der Waals surface area contributed by atoms with Crippen molar-refractivity contribution in [3.63, 3.8) is 0 Å². The molecule has 0 fully saturated rings. The summed E-state index contributed by atoms with van der Waals surface area (Å²) in [5.74, 6) is 0. The molecular formula is C30H33F6NO3. The van der Waals surface area contributed by atoms with Gasteiger partial charge in [-0.05, 0) is 59.2 Å². The Kier molecular flexibility index (Phi) is 9.59. The van der Waals surface area contributed by atoms with E-state index in [1.165, 1.54) is 35.2 Å². The van der Waals surface area contributed by atoms with Crippen molar-refractivity contribution in [2.45, 2.75) is 71.3 Å². The predicted octanol–water partition coefficient (Wildman–Crippen LogP) is 6.94. The van der Waals surface area contributed by atoms with Crippen molar-refractivity contribution in [2.75, 3.05) is 11.4 Å². The number of benzene rings is 3. The summed E-state index contributed by atoms with van der Waals surface area (Å²) in [7, 11) is 0. The van der Waals surface area contributed by atoms with Gasteiger partial charge in [-0.25, -0.2) is 4.39 Å². The molecule has 0 aliphatic carbocycles. The molecule has 0 amide bonds. The molecule has 40 heavy (non-hydrogen) atoms. The number of rotatable bonds is 11. The van der Waals surface area contributed by atoms with Crippen LogP contribution in [0.1, 0.15) is 53.6 Å². The van der Waals surface area contributed by atoms with Crippen molar-refractivity contribution in [2.24, 2.45) is 0 Å². The third-order valence-electron chi connectivity index (χ3n) is 7.05. The number of aliphatic hydroxyl groups excluding tert-OH is 2. The number of hydrogen-bond acceptors (Lipinski definition) is 4. The number of aryl methyl sites for hydroxylation is 1. The monoisotopic (exact) mass is 569 g/mol. The molecule has 1 unspecified atom stereocenters. The molecule has 0 aliphatic rings. The van der Waals surface area contributed by atoms with Gasteiger partial charge < -0.3 is 20.2 Å². The predicted molar refractivity (Wildman–Crippen MR) is 142 cm³/mol. The molecular weight excluding hydrogens is 536 g/mol. The van der Waals surface area contributed by atoms with E-state index in [0.29, 0.717) is 28.7 Å². The van der Waals surface area contributed by atoms with Gasteiger partial charge in [0.05, 0.1) is 13.2 Å². The van der Waals surface area contributed by atoms with Gasteiger partial charge in [0, 0.05) is 24.3 Å². The molecule has 0 aromatic heterocycles.